The lowest BCUT2D eigenvalue weighted by Gasteiger charge is -2.20. The summed E-state index contributed by atoms with van der Waals surface area (Å²) in [4.78, 5) is 4.75. The molecule has 0 unspecified atom stereocenters. The van der Waals surface area contributed by atoms with Gasteiger partial charge in [-0.3, -0.25) is 0 Å². The fourth-order valence-electron chi connectivity index (χ4n) is 1.82. The van der Waals surface area contributed by atoms with Gasteiger partial charge in [-0.2, -0.15) is 0 Å². The maximum Gasteiger partial charge on any atom is 0.214 e. The number of rotatable bonds is 3. The Kier molecular flexibility index (Phi) is 4.05. The van der Waals surface area contributed by atoms with Crippen LogP contribution >= 0.6 is 0 Å². The monoisotopic (exact) mass is 305 g/mol. The number of nitrogens with zero attached hydrogens (tertiary/aromatic N) is 1. The number of ether oxygens (including phenoxy) is 1. The average Bonchev–Trinajstić information content (AvgIpc) is 2.36. The average molecular weight is 305 g/mol. The normalized spacial score (nSPS) is 12.2. The van der Waals surface area contributed by atoms with Crippen molar-refractivity contribution in [3.8, 4) is 17.1 Å². The predicted octanol–water partition coefficient (Wildman–Crippen LogP) is 3.33. The Hall–Kier alpha value is -1.88. The minimum Gasteiger partial charge on any atom is -0.472 e. The van der Waals surface area contributed by atoms with Gasteiger partial charge in [-0.05, 0) is 39.0 Å². The number of hydrogen-bond acceptors (Lipinski definition) is 4. The van der Waals surface area contributed by atoms with Crippen molar-refractivity contribution < 1.29 is 13.2 Å². The largest absolute Gasteiger partial charge is 0.472 e. The van der Waals surface area contributed by atoms with Gasteiger partial charge in [0.1, 0.15) is 5.60 Å². The highest BCUT2D eigenvalue weighted by Crippen LogP contribution is 2.23. The molecule has 0 N–H and O–H groups in total. The second-order valence-electron chi connectivity index (χ2n) is 5.87. The molecule has 0 saturated carbocycles. The molecule has 5 heteroatoms. The molecule has 112 valence electrons. The zero-order valence-corrected chi connectivity index (χ0v) is 13.4. The highest BCUT2D eigenvalue weighted by molar-refractivity contribution is 7.90. The first-order chi connectivity index (χ1) is 9.65. The van der Waals surface area contributed by atoms with Gasteiger partial charge in [-0.1, -0.05) is 18.2 Å². The molecule has 0 atom stereocenters. The van der Waals surface area contributed by atoms with Crippen LogP contribution in [0.3, 0.4) is 0 Å². The molecule has 0 fully saturated rings. The van der Waals surface area contributed by atoms with E-state index in [9.17, 15) is 8.42 Å². The summed E-state index contributed by atoms with van der Waals surface area (Å²) in [6.07, 6.45) is 1.19. The number of benzene rings is 1. The third kappa shape index (κ3) is 4.29. The molecular weight excluding hydrogens is 286 g/mol. The Labute approximate surface area is 125 Å². The summed E-state index contributed by atoms with van der Waals surface area (Å²) in [7, 11) is -3.18. The van der Waals surface area contributed by atoms with Crippen LogP contribution in [-0.4, -0.2) is 25.3 Å². The van der Waals surface area contributed by atoms with Crippen molar-refractivity contribution in [3.05, 3.63) is 42.5 Å². The smallest absolute Gasteiger partial charge is 0.214 e. The molecule has 0 saturated heterocycles. The topological polar surface area (TPSA) is 56.3 Å². The summed E-state index contributed by atoms with van der Waals surface area (Å²) >= 11 is 0. The minimum atomic E-state index is -3.18. The third-order valence-electron chi connectivity index (χ3n) is 2.71. The van der Waals surface area contributed by atoms with Gasteiger partial charge in [0.15, 0.2) is 9.84 Å². The minimum absolute atomic E-state index is 0.299. The highest BCUT2D eigenvalue weighted by atomic mass is 32.2. The van der Waals surface area contributed by atoms with Crippen molar-refractivity contribution in [2.24, 2.45) is 0 Å². The number of hydrogen-bond donors (Lipinski definition) is 0. The molecule has 0 amide bonds. The molecular formula is C16H19NO3S. The first-order valence-electron chi connectivity index (χ1n) is 6.62. The van der Waals surface area contributed by atoms with Crippen molar-refractivity contribution in [1.29, 1.82) is 0 Å². The molecule has 0 aliphatic carbocycles. The molecule has 1 aromatic carbocycles. The van der Waals surface area contributed by atoms with Gasteiger partial charge in [0, 0.05) is 17.9 Å². The summed E-state index contributed by atoms with van der Waals surface area (Å²) in [6, 6.07) is 12.2. The van der Waals surface area contributed by atoms with E-state index < -0.39 is 9.84 Å². The zero-order valence-electron chi connectivity index (χ0n) is 12.6. The molecule has 0 bridgehead atoms. The van der Waals surface area contributed by atoms with E-state index in [2.05, 4.69) is 4.98 Å². The molecule has 4 nitrogen and oxygen atoms in total. The van der Waals surface area contributed by atoms with E-state index in [4.69, 9.17) is 4.74 Å². The summed E-state index contributed by atoms with van der Waals surface area (Å²) in [5.41, 5.74) is 1.28. The molecule has 0 radical (unpaired) electrons. The van der Waals surface area contributed by atoms with Gasteiger partial charge in [-0.25, -0.2) is 13.4 Å². The van der Waals surface area contributed by atoms with E-state index in [0.717, 1.165) is 11.3 Å². The van der Waals surface area contributed by atoms with Gasteiger partial charge in [0.2, 0.25) is 5.88 Å². The zero-order chi connectivity index (χ0) is 15.7. The van der Waals surface area contributed by atoms with Gasteiger partial charge in [0.25, 0.3) is 0 Å². The second kappa shape index (κ2) is 5.48. The first kappa shape index (κ1) is 15.5. The summed E-state index contributed by atoms with van der Waals surface area (Å²) in [5.74, 6) is 0.548. The highest BCUT2D eigenvalue weighted by Gasteiger charge is 2.13. The van der Waals surface area contributed by atoms with E-state index >= 15 is 0 Å². The van der Waals surface area contributed by atoms with Gasteiger partial charge in [0.05, 0.1) is 10.6 Å². The van der Waals surface area contributed by atoms with Gasteiger partial charge in [-0.15, -0.1) is 0 Å². The first-order valence-corrected chi connectivity index (χ1v) is 8.51. The van der Waals surface area contributed by atoms with Crippen molar-refractivity contribution in [2.45, 2.75) is 31.3 Å². The van der Waals surface area contributed by atoms with Crippen molar-refractivity contribution in [1.82, 2.24) is 4.98 Å². The maximum absolute atomic E-state index is 11.5. The van der Waals surface area contributed by atoms with E-state index in [-0.39, 0.29) is 5.60 Å². The molecule has 0 spiro atoms. The summed E-state index contributed by atoms with van der Waals surface area (Å²) in [6.45, 7) is 5.88. The van der Waals surface area contributed by atoms with Crippen LogP contribution in [0.2, 0.25) is 0 Å². The van der Waals surface area contributed by atoms with Gasteiger partial charge >= 0.3 is 0 Å². The SMILES string of the molecule is CC(C)(C)Oc1cccc(-c2ccc(S(C)(=O)=O)cc2)n1. The van der Waals surface area contributed by atoms with E-state index in [1.807, 2.05) is 32.9 Å². The van der Waals surface area contributed by atoms with E-state index in [0.29, 0.717) is 10.8 Å². The third-order valence-corrected chi connectivity index (χ3v) is 3.84. The number of sulfone groups is 1. The van der Waals surface area contributed by atoms with Crippen LogP contribution in [0.5, 0.6) is 5.88 Å². The molecule has 2 aromatic rings. The Balaban J connectivity index is 2.32. The van der Waals surface area contributed by atoms with Crippen LogP contribution in [0.4, 0.5) is 0 Å². The Morgan fingerprint density at radius 3 is 2.14 bits per heavy atom. The molecule has 1 heterocycles. The Morgan fingerprint density at radius 2 is 1.62 bits per heavy atom. The molecule has 2 rings (SSSR count). The molecule has 21 heavy (non-hydrogen) atoms. The van der Waals surface area contributed by atoms with Crippen molar-refractivity contribution in [3.63, 3.8) is 0 Å². The van der Waals surface area contributed by atoms with Gasteiger partial charge < -0.3 is 4.74 Å². The fraction of sp³-hybridized carbons (Fsp3) is 0.312. The second-order valence-corrected chi connectivity index (χ2v) is 7.89. The van der Waals surface area contributed by atoms with Crippen molar-refractivity contribution >= 4 is 9.84 Å². The standard InChI is InChI=1S/C16H19NO3S/c1-16(2,3)20-15-7-5-6-14(17-15)12-8-10-13(11-9-12)21(4,18)19/h5-11H,1-4H3. The van der Waals surface area contributed by atoms with E-state index in [1.165, 1.54) is 6.26 Å². The lowest BCUT2D eigenvalue weighted by Crippen LogP contribution is -2.23. The van der Waals surface area contributed by atoms with Crippen LogP contribution in [0.1, 0.15) is 20.8 Å². The number of pyridine rings is 1. The van der Waals surface area contributed by atoms with Crippen LogP contribution in [-0.2, 0) is 9.84 Å². The van der Waals surface area contributed by atoms with Crippen molar-refractivity contribution in [2.75, 3.05) is 6.26 Å². The predicted molar refractivity (Wildman–Crippen MR) is 83.2 cm³/mol. The van der Waals surface area contributed by atoms with Crippen LogP contribution in [0.15, 0.2) is 47.4 Å². The molecule has 0 aliphatic rings. The Bertz CT molecular complexity index is 729. The fourth-order valence-corrected chi connectivity index (χ4v) is 2.45. The maximum atomic E-state index is 11.5. The summed E-state index contributed by atoms with van der Waals surface area (Å²) in [5, 5.41) is 0. The number of aromatic nitrogens is 1. The van der Waals surface area contributed by atoms with Crippen LogP contribution in [0, 0.1) is 0 Å². The Morgan fingerprint density at radius 1 is 1.00 bits per heavy atom. The van der Waals surface area contributed by atoms with Crippen LogP contribution in [0.25, 0.3) is 11.3 Å². The quantitative estimate of drug-likeness (QED) is 0.873. The van der Waals surface area contributed by atoms with Crippen LogP contribution < -0.4 is 4.74 Å². The molecule has 1 aromatic heterocycles. The lowest BCUT2D eigenvalue weighted by atomic mass is 10.1. The lowest BCUT2D eigenvalue weighted by molar-refractivity contribution is 0.124. The molecule has 0 aliphatic heterocycles. The van der Waals surface area contributed by atoms with E-state index in [1.54, 1.807) is 30.3 Å². The summed E-state index contributed by atoms with van der Waals surface area (Å²) < 4.78 is 28.6.